The number of likely N-dealkylation sites (tertiary alicyclic amines) is 1. The van der Waals surface area contributed by atoms with Gasteiger partial charge in [0.05, 0.1) is 18.1 Å². The lowest BCUT2D eigenvalue weighted by Gasteiger charge is -2.38. The molecule has 1 heterocycles. The van der Waals surface area contributed by atoms with E-state index in [1.165, 1.54) is 28.8 Å². The third kappa shape index (κ3) is 6.26. The third-order valence-electron chi connectivity index (χ3n) is 7.23. The fourth-order valence-corrected chi connectivity index (χ4v) is 6.80. The zero-order chi connectivity index (χ0) is 27.0. The van der Waals surface area contributed by atoms with Crippen molar-refractivity contribution in [2.75, 3.05) is 40.0 Å². The second-order valence-corrected chi connectivity index (χ2v) is 11.9. The number of rotatable bonds is 12. The van der Waals surface area contributed by atoms with Crippen LogP contribution in [0.5, 0.6) is 5.75 Å². The van der Waals surface area contributed by atoms with Gasteiger partial charge >= 0.3 is 5.97 Å². The normalized spacial score (nSPS) is 15.7. The van der Waals surface area contributed by atoms with Crippen LogP contribution in [-0.4, -0.2) is 69.1 Å². The van der Waals surface area contributed by atoms with Crippen LogP contribution in [0.4, 0.5) is 0 Å². The number of piperidine rings is 1. The molecule has 8 heteroatoms. The number of carboxylic acid groups (broad SMARTS) is 1. The molecule has 38 heavy (non-hydrogen) atoms. The molecule has 4 rings (SSSR count). The Morgan fingerprint density at radius 2 is 1.61 bits per heavy atom. The lowest BCUT2D eigenvalue weighted by Crippen LogP contribution is -2.54. The van der Waals surface area contributed by atoms with E-state index in [2.05, 4.69) is 36.4 Å². The van der Waals surface area contributed by atoms with E-state index in [4.69, 9.17) is 9.47 Å². The molecule has 1 aliphatic heterocycles. The molecule has 1 N–H and O–H groups in total. The number of ether oxygens (including phenoxy) is 2. The summed E-state index contributed by atoms with van der Waals surface area (Å²) in [7, 11) is -2.48. The highest BCUT2D eigenvalue weighted by molar-refractivity contribution is 7.93. The lowest BCUT2D eigenvalue weighted by molar-refractivity contribution is -0.141. The molecule has 0 bridgehead atoms. The second kappa shape index (κ2) is 12.6. The van der Waals surface area contributed by atoms with Gasteiger partial charge in [0.15, 0.2) is 14.6 Å². The number of hydrogen-bond donors (Lipinski definition) is 1. The summed E-state index contributed by atoms with van der Waals surface area (Å²) >= 11 is 0. The van der Waals surface area contributed by atoms with Gasteiger partial charge in [-0.3, -0.25) is 4.79 Å². The zero-order valence-corrected chi connectivity index (χ0v) is 22.5. The molecule has 0 atom stereocenters. The van der Waals surface area contributed by atoms with Crippen LogP contribution in [0.3, 0.4) is 0 Å². The van der Waals surface area contributed by atoms with Crippen molar-refractivity contribution in [2.24, 2.45) is 0 Å². The topological polar surface area (TPSA) is 93.1 Å². The summed E-state index contributed by atoms with van der Waals surface area (Å²) in [5, 5.41) is 9.97. The molecule has 0 amide bonds. The number of aliphatic carboxylic acids is 1. The summed E-state index contributed by atoms with van der Waals surface area (Å²) in [6.45, 7) is 2.44. The van der Waals surface area contributed by atoms with Crippen molar-refractivity contribution in [3.05, 3.63) is 84.4 Å². The quantitative estimate of drug-likeness (QED) is 0.335. The van der Waals surface area contributed by atoms with Crippen LogP contribution in [0.1, 0.15) is 24.8 Å². The molecule has 0 aromatic heterocycles. The molecule has 0 saturated carbocycles. The second-order valence-electron chi connectivity index (χ2n) is 9.63. The van der Waals surface area contributed by atoms with Crippen LogP contribution < -0.4 is 4.74 Å². The van der Waals surface area contributed by atoms with E-state index in [1.54, 1.807) is 19.2 Å². The number of aryl methyl sites for hydroxylation is 1. The number of benzene rings is 3. The first-order chi connectivity index (χ1) is 18.4. The fourth-order valence-electron chi connectivity index (χ4n) is 4.90. The van der Waals surface area contributed by atoms with Crippen LogP contribution in [0.2, 0.25) is 0 Å². The number of carboxylic acids is 1. The van der Waals surface area contributed by atoms with E-state index in [0.717, 1.165) is 12.8 Å². The van der Waals surface area contributed by atoms with Gasteiger partial charge in [0.1, 0.15) is 5.75 Å². The summed E-state index contributed by atoms with van der Waals surface area (Å²) in [6, 6.07) is 24.8. The highest BCUT2D eigenvalue weighted by atomic mass is 32.2. The van der Waals surface area contributed by atoms with Gasteiger partial charge in [-0.05, 0) is 66.6 Å². The van der Waals surface area contributed by atoms with Gasteiger partial charge in [-0.15, -0.1) is 0 Å². The molecule has 202 valence electrons. The number of sulfone groups is 1. The Morgan fingerprint density at radius 3 is 2.26 bits per heavy atom. The molecule has 0 radical (unpaired) electrons. The number of carbonyl (C=O) groups is 1. The van der Waals surface area contributed by atoms with Crippen LogP contribution in [0.15, 0.2) is 83.8 Å². The van der Waals surface area contributed by atoms with Crippen molar-refractivity contribution in [1.82, 2.24) is 4.90 Å². The first-order valence-corrected chi connectivity index (χ1v) is 14.4. The maximum atomic E-state index is 13.5. The Morgan fingerprint density at radius 1 is 0.921 bits per heavy atom. The van der Waals surface area contributed by atoms with E-state index < -0.39 is 20.6 Å². The molecule has 0 unspecified atom stereocenters. The summed E-state index contributed by atoms with van der Waals surface area (Å²) in [6.07, 6.45) is 1.74. The van der Waals surface area contributed by atoms with Gasteiger partial charge in [-0.1, -0.05) is 54.6 Å². The average Bonchev–Trinajstić information content (AvgIpc) is 2.95. The summed E-state index contributed by atoms with van der Waals surface area (Å²) in [5.41, 5.74) is 3.59. The largest absolute Gasteiger partial charge is 0.494 e. The SMILES string of the molecule is COCCN1CCC(C(=O)O)(S(=O)(=O)c2ccc(OCCCc3cccc(-c4ccccc4)c3)cc2)CC1. The number of hydrogen-bond acceptors (Lipinski definition) is 6. The van der Waals surface area contributed by atoms with E-state index >= 15 is 0 Å². The van der Waals surface area contributed by atoms with Gasteiger partial charge in [0, 0.05) is 26.7 Å². The van der Waals surface area contributed by atoms with E-state index in [9.17, 15) is 18.3 Å². The molecule has 0 aliphatic carbocycles. The molecular formula is C30H35NO6S. The highest BCUT2D eigenvalue weighted by Gasteiger charge is 2.53. The van der Waals surface area contributed by atoms with Crippen LogP contribution in [-0.2, 0) is 25.8 Å². The Labute approximate surface area is 224 Å². The summed E-state index contributed by atoms with van der Waals surface area (Å²) in [4.78, 5) is 14.3. The van der Waals surface area contributed by atoms with E-state index in [-0.39, 0.29) is 17.7 Å². The van der Waals surface area contributed by atoms with Crippen molar-refractivity contribution in [3.63, 3.8) is 0 Å². The van der Waals surface area contributed by atoms with Crippen molar-refractivity contribution >= 4 is 15.8 Å². The molecule has 3 aromatic rings. The molecular weight excluding hydrogens is 502 g/mol. The third-order valence-corrected chi connectivity index (χ3v) is 9.73. The van der Waals surface area contributed by atoms with Crippen molar-refractivity contribution < 1.29 is 27.8 Å². The minimum atomic E-state index is -4.08. The monoisotopic (exact) mass is 537 g/mol. The lowest BCUT2D eigenvalue weighted by atomic mass is 9.96. The number of nitrogens with zero attached hydrogens (tertiary/aromatic N) is 1. The first-order valence-electron chi connectivity index (χ1n) is 12.9. The van der Waals surface area contributed by atoms with E-state index in [0.29, 0.717) is 38.6 Å². The molecule has 0 spiro atoms. The Hall–Kier alpha value is -3.20. The minimum absolute atomic E-state index is 0.00955. The van der Waals surface area contributed by atoms with Gasteiger partial charge in [-0.25, -0.2) is 8.42 Å². The first kappa shape index (κ1) is 27.8. The van der Waals surface area contributed by atoms with Gasteiger partial charge < -0.3 is 19.5 Å². The van der Waals surface area contributed by atoms with Gasteiger partial charge in [-0.2, -0.15) is 0 Å². The van der Waals surface area contributed by atoms with Crippen LogP contribution >= 0.6 is 0 Å². The van der Waals surface area contributed by atoms with Crippen molar-refractivity contribution in [1.29, 1.82) is 0 Å². The highest BCUT2D eigenvalue weighted by Crippen LogP contribution is 2.36. The molecule has 1 saturated heterocycles. The maximum absolute atomic E-state index is 13.5. The molecule has 7 nitrogen and oxygen atoms in total. The summed E-state index contributed by atoms with van der Waals surface area (Å²) in [5.74, 6) is -0.735. The Balaban J connectivity index is 1.33. The van der Waals surface area contributed by atoms with Crippen LogP contribution in [0.25, 0.3) is 11.1 Å². The van der Waals surface area contributed by atoms with Gasteiger partial charge in [0.25, 0.3) is 0 Å². The Bertz CT molecular complexity index is 1300. The average molecular weight is 538 g/mol. The number of methoxy groups -OCH3 is 1. The smallest absolute Gasteiger partial charge is 0.325 e. The molecule has 1 fully saturated rings. The predicted molar refractivity (Wildman–Crippen MR) is 147 cm³/mol. The summed E-state index contributed by atoms with van der Waals surface area (Å²) < 4.78 is 36.0. The standard InChI is InChI=1S/C30H35NO6S/c1-36-22-20-31-18-16-30(17-19-31,29(32)33)38(34,35)28-14-12-27(13-15-28)37-21-6-8-24-7-5-11-26(23-24)25-9-3-2-4-10-25/h2-5,7,9-15,23H,6,8,16-22H2,1H3,(H,32,33). The molecule has 1 aliphatic rings. The minimum Gasteiger partial charge on any atom is -0.494 e. The fraction of sp³-hybridized carbons (Fsp3) is 0.367. The molecule has 3 aromatic carbocycles. The predicted octanol–water partition coefficient (Wildman–Crippen LogP) is 4.70. The van der Waals surface area contributed by atoms with Crippen molar-refractivity contribution in [3.8, 4) is 16.9 Å². The van der Waals surface area contributed by atoms with Crippen molar-refractivity contribution in [2.45, 2.75) is 35.3 Å². The van der Waals surface area contributed by atoms with Gasteiger partial charge in [0.2, 0.25) is 0 Å². The maximum Gasteiger partial charge on any atom is 0.325 e. The Kier molecular flexibility index (Phi) is 9.20. The van der Waals surface area contributed by atoms with Crippen LogP contribution in [0, 0.1) is 0 Å². The zero-order valence-electron chi connectivity index (χ0n) is 21.7. The van der Waals surface area contributed by atoms with E-state index in [1.807, 2.05) is 23.1 Å².